The van der Waals surface area contributed by atoms with E-state index in [1.165, 1.54) is 11.3 Å². The number of allylic oxidation sites excluding steroid dienone is 1. The molecule has 0 bridgehead atoms. The number of carbonyl (C=O) groups is 2. The molecule has 43 heavy (non-hydrogen) atoms. The standard InChI is InChI=1S/C35H36ClN3O3S/c1-6-23-10-8-11-24(7-2)32(23)39-30(18-21(3)4)27(34(41)38-17-9-12-31(40)22(38)5)19-28(35(39)42)33-37-29(20-43-33)25-13-15-26(36)16-14-25/h8,10-11,13-16,18-20,22H,6-7,9,12,17H2,1-5H3. The predicted molar refractivity (Wildman–Crippen MR) is 176 cm³/mol. The van der Waals surface area contributed by atoms with Gasteiger partial charge in [-0.05, 0) is 75.4 Å². The first-order chi connectivity index (χ1) is 20.6. The van der Waals surface area contributed by atoms with Crippen LogP contribution in [-0.2, 0) is 17.6 Å². The normalized spacial score (nSPS) is 15.1. The summed E-state index contributed by atoms with van der Waals surface area (Å²) in [5, 5.41) is 3.07. The van der Waals surface area contributed by atoms with Gasteiger partial charge in [-0.1, -0.05) is 61.4 Å². The molecular weight excluding hydrogens is 578 g/mol. The minimum Gasteiger partial charge on any atom is -0.329 e. The van der Waals surface area contributed by atoms with E-state index >= 15 is 0 Å². The molecule has 1 amide bonds. The number of nitrogens with zero attached hydrogens (tertiary/aromatic N) is 3. The maximum Gasteiger partial charge on any atom is 0.265 e. The van der Waals surface area contributed by atoms with Crippen LogP contribution in [0.5, 0.6) is 0 Å². The van der Waals surface area contributed by atoms with Crippen molar-refractivity contribution >= 4 is 40.7 Å². The van der Waals surface area contributed by atoms with Gasteiger partial charge in [0.05, 0.1) is 34.2 Å². The smallest absolute Gasteiger partial charge is 0.265 e. The Morgan fingerprint density at radius 2 is 1.74 bits per heavy atom. The number of halogens is 1. The van der Waals surface area contributed by atoms with Crippen LogP contribution < -0.4 is 5.56 Å². The van der Waals surface area contributed by atoms with Crippen molar-refractivity contribution in [2.75, 3.05) is 6.54 Å². The molecule has 1 saturated heterocycles. The van der Waals surface area contributed by atoms with Crippen LogP contribution in [0.25, 0.3) is 33.6 Å². The minimum absolute atomic E-state index is 0.0500. The highest BCUT2D eigenvalue weighted by atomic mass is 35.5. The zero-order valence-corrected chi connectivity index (χ0v) is 26.8. The molecule has 1 atom stereocenters. The van der Waals surface area contributed by atoms with Crippen molar-refractivity contribution in [2.24, 2.45) is 0 Å². The van der Waals surface area contributed by atoms with Gasteiger partial charge >= 0.3 is 0 Å². The number of hydrogen-bond donors (Lipinski definition) is 0. The molecule has 0 radical (unpaired) electrons. The number of likely N-dealkylation sites (tertiary alicyclic amines) is 1. The van der Waals surface area contributed by atoms with E-state index in [1.807, 2.05) is 67.8 Å². The van der Waals surface area contributed by atoms with Gasteiger partial charge in [-0.2, -0.15) is 0 Å². The number of pyridine rings is 1. The number of amides is 1. The van der Waals surface area contributed by atoms with Gasteiger partial charge < -0.3 is 4.90 Å². The summed E-state index contributed by atoms with van der Waals surface area (Å²) in [6, 6.07) is 14.7. The zero-order valence-electron chi connectivity index (χ0n) is 25.2. The lowest BCUT2D eigenvalue weighted by Crippen LogP contribution is -2.47. The molecule has 222 valence electrons. The summed E-state index contributed by atoms with van der Waals surface area (Å²) in [5.41, 5.74) is 6.41. The summed E-state index contributed by atoms with van der Waals surface area (Å²) in [4.78, 5) is 48.3. The first-order valence-corrected chi connectivity index (χ1v) is 16.0. The molecule has 6 nitrogen and oxygen atoms in total. The second kappa shape index (κ2) is 12.8. The van der Waals surface area contributed by atoms with E-state index in [9.17, 15) is 14.4 Å². The van der Waals surface area contributed by atoms with Crippen molar-refractivity contribution in [3.63, 3.8) is 0 Å². The highest BCUT2D eigenvalue weighted by Gasteiger charge is 2.33. The van der Waals surface area contributed by atoms with E-state index in [0.717, 1.165) is 33.6 Å². The second-order valence-electron chi connectivity index (χ2n) is 11.1. The third-order valence-electron chi connectivity index (χ3n) is 7.97. The Morgan fingerprint density at radius 3 is 2.37 bits per heavy atom. The minimum atomic E-state index is -0.532. The third-order valence-corrected chi connectivity index (χ3v) is 9.10. The maximum absolute atomic E-state index is 14.7. The van der Waals surface area contributed by atoms with Crippen molar-refractivity contribution in [2.45, 2.75) is 66.3 Å². The Labute approximate surface area is 261 Å². The Balaban J connectivity index is 1.84. The van der Waals surface area contributed by atoms with Gasteiger partial charge in [0.1, 0.15) is 5.01 Å². The summed E-state index contributed by atoms with van der Waals surface area (Å²) in [6.07, 6.45) is 4.42. The lowest BCUT2D eigenvalue weighted by molar-refractivity contribution is -0.125. The number of ketones is 1. The first kappa shape index (κ1) is 30.6. The van der Waals surface area contributed by atoms with Crippen LogP contribution in [0.2, 0.25) is 5.02 Å². The van der Waals surface area contributed by atoms with E-state index < -0.39 is 6.04 Å². The van der Waals surface area contributed by atoms with Crippen molar-refractivity contribution < 1.29 is 9.59 Å². The van der Waals surface area contributed by atoms with E-state index in [-0.39, 0.29) is 17.2 Å². The van der Waals surface area contributed by atoms with Crippen LogP contribution in [0.1, 0.15) is 74.6 Å². The van der Waals surface area contributed by atoms with Crippen molar-refractivity contribution in [1.29, 1.82) is 0 Å². The van der Waals surface area contributed by atoms with Crippen LogP contribution in [-0.4, -0.2) is 38.7 Å². The van der Waals surface area contributed by atoms with E-state index in [2.05, 4.69) is 13.8 Å². The van der Waals surface area contributed by atoms with Crippen molar-refractivity contribution in [3.05, 3.63) is 97.2 Å². The Bertz CT molecular complexity index is 1760. The average Bonchev–Trinajstić information content (AvgIpc) is 3.48. The van der Waals surface area contributed by atoms with Crippen LogP contribution >= 0.6 is 22.9 Å². The fourth-order valence-electron chi connectivity index (χ4n) is 5.68. The number of para-hydroxylation sites is 1. The summed E-state index contributed by atoms with van der Waals surface area (Å²) in [6.45, 7) is 10.3. The molecule has 2 aromatic carbocycles. The number of hydrogen-bond acceptors (Lipinski definition) is 5. The molecule has 0 aliphatic carbocycles. The summed E-state index contributed by atoms with van der Waals surface area (Å²) in [5.74, 6) is -0.210. The number of Topliss-reactive ketones (excluding diaryl/α,β-unsaturated/α-hetero) is 1. The quantitative estimate of drug-likeness (QED) is 0.212. The van der Waals surface area contributed by atoms with Crippen LogP contribution in [0.15, 0.2) is 64.3 Å². The molecule has 1 aliphatic rings. The first-order valence-electron chi connectivity index (χ1n) is 14.8. The highest BCUT2D eigenvalue weighted by Crippen LogP contribution is 2.32. The molecule has 1 unspecified atom stereocenters. The monoisotopic (exact) mass is 613 g/mol. The summed E-state index contributed by atoms with van der Waals surface area (Å²) in [7, 11) is 0. The van der Waals surface area contributed by atoms with Gasteiger partial charge in [0.15, 0.2) is 5.78 Å². The number of aromatic nitrogens is 2. The van der Waals surface area contributed by atoms with Crippen LogP contribution in [0, 0.1) is 0 Å². The highest BCUT2D eigenvalue weighted by molar-refractivity contribution is 7.13. The maximum atomic E-state index is 14.7. The van der Waals surface area contributed by atoms with Gasteiger partial charge in [-0.15, -0.1) is 11.3 Å². The van der Waals surface area contributed by atoms with Gasteiger partial charge in [-0.25, -0.2) is 4.98 Å². The SMILES string of the molecule is CCc1cccc(CC)c1-n1c(C=C(C)C)c(C(=O)N2CCCC(=O)C2C)cc(-c2nc(-c3ccc(Cl)cc3)cs2)c1=O. The zero-order chi connectivity index (χ0) is 30.8. The van der Waals surface area contributed by atoms with Gasteiger partial charge in [0, 0.05) is 28.9 Å². The average molecular weight is 614 g/mol. The van der Waals surface area contributed by atoms with Crippen LogP contribution in [0.3, 0.4) is 0 Å². The number of benzene rings is 2. The molecule has 2 aromatic heterocycles. The van der Waals surface area contributed by atoms with Crippen molar-refractivity contribution in [1.82, 2.24) is 14.5 Å². The third kappa shape index (κ3) is 6.01. The lowest BCUT2D eigenvalue weighted by atomic mass is 9.97. The van der Waals surface area contributed by atoms with Crippen LogP contribution in [0.4, 0.5) is 0 Å². The molecule has 4 aromatic rings. The fraction of sp³-hybridized carbons (Fsp3) is 0.314. The number of thiazole rings is 1. The van der Waals surface area contributed by atoms with E-state index in [1.54, 1.807) is 22.5 Å². The molecular formula is C35H36ClN3O3S. The molecule has 1 aliphatic heterocycles. The molecule has 0 N–H and O–H groups in total. The largest absolute Gasteiger partial charge is 0.329 e. The molecule has 1 fully saturated rings. The molecule has 8 heteroatoms. The molecule has 3 heterocycles. The lowest BCUT2D eigenvalue weighted by Gasteiger charge is -2.33. The Kier molecular flexibility index (Phi) is 9.13. The Morgan fingerprint density at radius 1 is 1.07 bits per heavy atom. The second-order valence-corrected chi connectivity index (χ2v) is 12.4. The summed E-state index contributed by atoms with van der Waals surface area (Å²) < 4.78 is 1.72. The summed E-state index contributed by atoms with van der Waals surface area (Å²) >= 11 is 7.47. The number of rotatable bonds is 7. The van der Waals surface area contributed by atoms with Gasteiger partial charge in [-0.3, -0.25) is 19.0 Å². The topological polar surface area (TPSA) is 72.3 Å². The Hall–Kier alpha value is -3.81. The van der Waals surface area contributed by atoms with E-state index in [0.29, 0.717) is 59.1 Å². The molecule has 5 rings (SSSR count). The predicted octanol–water partition coefficient (Wildman–Crippen LogP) is 8.02. The molecule has 0 saturated carbocycles. The van der Waals surface area contributed by atoms with E-state index in [4.69, 9.17) is 16.6 Å². The number of carbonyl (C=O) groups excluding carboxylic acids is 2. The van der Waals surface area contributed by atoms with Gasteiger partial charge in [0.25, 0.3) is 11.5 Å². The fourth-order valence-corrected chi connectivity index (χ4v) is 6.64. The number of aryl methyl sites for hydroxylation is 2. The van der Waals surface area contributed by atoms with Gasteiger partial charge in [0.2, 0.25) is 0 Å². The molecule has 0 spiro atoms. The number of piperidine rings is 1. The van der Waals surface area contributed by atoms with Crippen molar-refractivity contribution in [3.8, 4) is 27.5 Å².